The Morgan fingerprint density at radius 3 is 3.00 bits per heavy atom. The zero-order valence-electron chi connectivity index (χ0n) is 13.4. The van der Waals surface area contributed by atoms with Gasteiger partial charge in [-0.1, -0.05) is 23.7 Å². The monoisotopic (exact) mass is 341 g/mol. The number of hydrazine groups is 1. The fraction of sp³-hybridized carbons (Fsp3) is 0.235. The van der Waals surface area contributed by atoms with E-state index >= 15 is 0 Å². The maximum Gasteiger partial charge on any atom is 0.292 e. The molecule has 6 nitrogen and oxygen atoms in total. The molecule has 3 heterocycles. The van der Waals surface area contributed by atoms with Crippen molar-refractivity contribution in [3.63, 3.8) is 0 Å². The van der Waals surface area contributed by atoms with E-state index < -0.39 is 0 Å². The number of halogens is 1. The van der Waals surface area contributed by atoms with Crippen molar-refractivity contribution in [2.24, 2.45) is 0 Å². The Morgan fingerprint density at radius 2 is 2.17 bits per heavy atom. The van der Waals surface area contributed by atoms with Crippen molar-refractivity contribution < 1.29 is 4.79 Å². The molecule has 7 heteroatoms. The van der Waals surface area contributed by atoms with E-state index in [1.807, 2.05) is 24.2 Å². The van der Waals surface area contributed by atoms with Crippen molar-refractivity contribution in [1.82, 2.24) is 19.6 Å². The van der Waals surface area contributed by atoms with Gasteiger partial charge in [-0.3, -0.25) is 9.80 Å². The van der Waals surface area contributed by atoms with Gasteiger partial charge in [0.15, 0.2) is 11.3 Å². The second kappa shape index (κ2) is 5.49. The van der Waals surface area contributed by atoms with Crippen molar-refractivity contribution in [1.29, 1.82) is 0 Å². The topological polar surface area (TPSA) is 53.7 Å². The van der Waals surface area contributed by atoms with Gasteiger partial charge in [0.05, 0.1) is 16.9 Å². The SMILES string of the molecule is Cc1cccc2c1CCN(C(=O)c1cc3ncc(Cl)cn3n1)N2C. The van der Waals surface area contributed by atoms with Crippen LogP contribution in [0.1, 0.15) is 21.6 Å². The van der Waals surface area contributed by atoms with E-state index in [9.17, 15) is 4.79 Å². The molecule has 122 valence electrons. The number of rotatable bonds is 1. The zero-order chi connectivity index (χ0) is 16.8. The zero-order valence-corrected chi connectivity index (χ0v) is 14.2. The third kappa shape index (κ3) is 2.30. The molecule has 0 bridgehead atoms. The van der Waals surface area contributed by atoms with Crippen LogP contribution >= 0.6 is 11.6 Å². The molecular weight excluding hydrogens is 326 g/mol. The van der Waals surface area contributed by atoms with Crippen molar-refractivity contribution in [2.75, 3.05) is 18.6 Å². The maximum absolute atomic E-state index is 12.9. The highest BCUT2D eigenvalue weighted by Crippen LogP contribution is 2.29. The normalized spacial score (nSPS) is 14.1. The summed E-state index contributed by atoms with van der Waals surface area (Å²) in [7, 11) is 1.90. The molecule has 0 N–H and O–H groups in total. The molecule has 4 rings (SSSR count). The van der Waals surface area contributed by atoms with Gasteiger partial charge >= 0.3 is 0 Å². The minimum Gasteiger partial charge on any atom is -0.285 e. The molecule has 0 atom stereocenters. The number of aromatic nitrogens is 3. The molecule has 0 fully saturated rings. The smallest absolute Gasteiger partial charge is 0.285 e. The van der Waals surface area contributed by atoms with E-state index in [4.69, 9.17) is 11.6 Å². The Kier molecular flexibility index (Phi) is 3.42. The average Bonchev–Trinajstić information content (AvgIpc) is 2.98. The largest absolute Gasteiger partial charge is 0.292 e. The van der Waals surface area contributed by atoms with E-state index in [2.05, 4.69) is 23.1 Å². The summed E-state index contributed by atoms with van der Waals surface area (Å²) in [5.41, 5.74) is 4.54. The summed E-state index contributed by atoms with van der Waals surface area (Å²) >= 11 is 5.92. The van der Waals surface area contributed by atoms with Gasteiger partial charge in [-0.25, -0.2) is 14.5 Å². The van der Waals surface area contributed by atoms with Gasteiger partial charge in [0.25, 0.3) is 5.91 Å². The summed E-state index contributed by atoms with van der Waals surface area (Å²) in [6.07, 6.45) is 4.01. The number of hydrogen-bond acceptors (Lipinski definition) is 4. The summed E-state index contributed by atoms with van der Waals surface area (Å²) in [4.78, 5) is 17.1. The second-order valence-electron chi connectivity index (χ2n) is 5.88. The Bertz CT molecular complexity index is 951. The van der Waals surface area contributed by atoms with E-state index in [1.54, 1.807) is 23.5 Å². The Balaban J connectivity index is 1.69. The third-order valence-corrected chi connectivity index (χ3v) is 4.60. The Hall–Kier alpha value is -2.60. The molecule has 1 aromatic carbocycles. The lowest BCUT2D eigenvalue weighted by atomic mass is 10.0. The second-order valence-corrected chi connectivity index (χ2v) is 6.32. The highest BCUT2D eigenvalue weighted by atomic mass is 35.5. The fourth-order valence-corrected chi connectivity index (χ4v) is 3.28. The van der Waals surface area contributed by atoms with Gasteiger partial charge in [-0.15, -0.1) is 0 Å². The van der Waals surface area contributed by atoms with Gasteiger partial charge in [-0.2, -0.15) is 5.10 Å². The summed E-state index contributed by atoms with van der Waals surface area (Å²) < 4.78 is 1.53. The van der Waals surface area contributed by atoms with Crippen molar-refractivity contribution in [2.45, 2.75) is 13.3 Å². The van der Waals surface area contributed by atoms with Crippen LogP contribution in [0, 0.1) is 6.92 Å². The summed E-state index contributed by atoms with van der Waals surface area (Å²) in [6, 6.07) is 7.82. The minimum atomic E-state index is -0.147. The molecule has 0 saturated carbocycles. The van der Waals surface area contributed by atoms with Crippen molar-refractivity contribution >= 4 is 28.8 Å². The van der Waals surface area contributed by atoms with E-state index in [0.29, 0.717) is 22.9 Å². The number of amides is 1. The van der Waals surface area contributed by atoms with E-state index in [-0.39, 0.29) is 5.91 Å². The molecule has 0 unspecified atom stereocenters. The predicted octanol–water partition coefficient (Wildman–Crippen LogP) is 2.74. The molecule has 1 aliphatic heterocycles. The highest BCUT2D eigenvalue weighted by Gasteiger charge is 2.28. The third-order valence-electron chi connectivity index (χ3n) is 4.41. The van der Waals surface area contributed by atoms with Crippen LogP contribution in [0.3, 0.4) is 0 Å². The predicted molar refractivity (Wildman–Crippen MR) is 92.3 cm³/mol. The van der Waals surface area contributed by atoms with Crippen LogP contribution in [-0.2, 0) is 6.42 Å². The van der Waals surface area contributed by atoms with Crippen LogP contribution in [0.15, 0.2) is 36.7 Å². The first-order chi connectivity index (χ1) is 11.5. The maximum atomic E-state index is 12.9. The Labute approximate surface area is 144 Å². The Morgan fingerprint density at radius 1 is 1.33 bits per heavy atom. The van der Waals surface area contributed by atoms with Crippen LogP contribution in [-0.4, -0.2) is 39.1 Å². The van der Waals surface area contributed by atoms with E-state index in [1.165, 1.54) is 15.6 Å². The molecule has 1 aliphatic rings. The molecule has 0 saturated heterocycles. The molecule has 24 heavy (non-hydrogen) atoms. The molecule has 2 aromatic heterocycles. The lowest BCUT2D eigenvalue weighted by Gasteiger charge is -2.38. The fourth-order valence-electron chi connectivity index (χ4n) is 3.14. The highest BCUT2D eigenvalue weighted by molar-refractivity contribution is 6.30. The number of carbonyl (C=O) groups is 1. The summed E-state index contributed by atoms with van der Waals surface area (Å²) in [5, 5.41) is 8.40. The number of nitrogens with zero attached hydrogens (tertiary/aromatic N) is 5. The first-order valence-corrected chi connectivity index (χ1v) is 8.07. The quantitative estimate of drug-likeness (QED) is 0.683. The van der Waals surface area contributed by atoms with Gasteiger partial charge < -0.3 is 0 Å². The number of anilines is 1. The average molecular weight is 342 g/mol. The molecule has 0 radical (unpaired) electrons. The van der Waals surface area contributed by atoms with Crippen LogP contribution in [0.5, 0.6) is 0 Å². The minimum absolute atomic E-state index is 0.147. The van der Waals surface area contributed by atoms with Crippen molar-refractivity contribution in [3.8, 4) is 0 Å². The number of benzene rings is 1. The lowest BCUT2D eigenvalue weighted by molar-refractivity contribution is 0.0732. The van der Waals surface area contributed by atoms with Crippen LogP contribution in [0.4, 0.5) is 5.69 Å². The first-order valence-electron chi connectivity index (χ1n) is 7.69. The summed E-state index contributed by atoms with van der Waals surface area (Å²) in [5.74, 6) is -0.147. The number of carbonyl (C=O) groups excluding carboxylic acids is 1. The van der Waals surface area contributed by atoms with Crippen LogP contribution in [0.25, 0.3) is 5.65 Å². The number of aryl methyl sites for hydroxylation is 1. The van der Waals surface area contributed by atoms with Crippen LogP contribution in [0.2, 0.25) is 5.02 Å². The van der Waals surface area contributed by atoms with Crippen molar-refractivity contribution in [3.05, 3.63) is 58.5 Å². The van der Waals surface area contributed by atoms with Gasteiger partial charge in [-0.05, 0) is 30.5 Å². The molecule has 3 aromatic rings. The van der Waals surface area contributed by atoms with Gasteiger partial charge in [0, 0.05) is 25.9 Å². The number of hydrogen-bond donors (Lipinski definition) is 0. The number of fused-ring (bicyclic) bond motifs is 2. The first kappa shape index (κ1) is 15.0. The van der Waals surface area contributed by atoms with Gasteiger partial charge in [0.2, 0.25) is 0 Å². The molecule has 1 amide bonds. The molecular formula is C17H16ClN5O. The van der Waals surface area contributed by atoms with Crippen LogP contribution < -0.4 is 5.01 Å². The summed E-state index contributed by atoms with van der Waals surface area (Å²) in [6.45, 7) is 2.72. The molecule has 0 aliphatic carbocycles. The lowest BCUT2D eigenvalue weighted by Crippen LogP contribution is -2.48. The molecule has 0 spiro atoms. The van der Waals surface area contributed by atoms with Gasteiger partial charge in [0.1, 0.15) is 0 Å². The standard InChI is InChI=1S/C17H16ClN5O/c1-11-4-3-5-15-13(11)6-7-23(21(15)2)17(24)14-8-16-19-9-12(18)10-22(16)20-14/h3-5,8-10H,6-7H2,1-2H3. The van der Waals surface area contributed by atoms with E-state index in [0.717, 1.165) is 12.1 Å².